The predicted octanol–water partition coefficient (Wildman–Crippen LogP) is 1.66. The zero-order chi connectivity index (χ0) is 16.7. The smallest absolute Gasteiger partial charge is 0.227 e. The van der Waals surface area contributed by atoms with Crippen LogP contribution in [0.2, 0.25) is 0 Å². The summed E-state index contributed by atoms with van der Waals surface area (Å²) in [5, 5.41) is 2.95. The van der Waals surface area contributed by atoms with E-state index in [1.54, 1.807) is 12.5 Å². The number of nitrogens with one attached hydrogen (secondary N) is 1. The summed E-state index contributed by atoms with van der Waals surface area (Å²) in [6.07, 6.45) is 5.72. The quantitative estimate of drug-likeness (QED) is 0.719. The number of aromatic nitrogens is 2. The fourth-order valence-corrected chi connectivity index (χ4v) is 2.76. The first-order chi connectivity index (χ1) is 11.1. The molecule has 0 fully saturated rings. The van der Waals surface area contributed by atoms with Gasteiger partial charge in [-0.2, -0.15) is 11.8 Å². The monoisotopic (exact) mass is 332 g/mol. The van der Waals surface area contributed by atoms with Crippen molar-refractivity contribution in [3.63, 3.8) is 0 Å². The molecule has 0 aliphatic rings. The van der Waals surface area contributed by atoms with Crippen LogP contribution in [-0.4, -0.2) is 32.9 Å². The van der Waals surface area contributed by atoms with Gasteiger partial charge in [-0.3, -0.25) is 9.59 Å². The number of carbonyl (C=O) groups excluding carboxylic acids is 2. The molecule has 0 aliphatic carbocycles. The average Bonchev–Trinajstić information content (AvgIpc) is 3.06. The summed E-state index contributed by atoms with van der Waals surface area (Å²) in [5.41, 5.74) is 7.10. The van der Waals surface area contributed by atoms with Crippen molar-refractivity contribution >= 4 is 23.6 Å². The predicted molar refractivity (Wildman–Crippen MR) is 91.3 cm³/mol. The van der Waals surface area contributed by atoms with E-state index in [-0.39, 0.29) is 23.6 Å². The third-order valence-corrected chi connectivity index (χ3v) is 4.27. The van der Waals surface area contributed by atoms with Crippen LogP contribution in [0, 0.1) is 0 Å². The Labute approximate surface area is 139 Å². The highest BCUT2D eigenvalue weighted by molar-refractivity contribution is 7.99. The van der Waals surface area contributed by atoms with E-state index in [1.807, 2.05) is 42.0 Å². The van der Waals surface area contributed by atoms with Crippen LogP contribution in [-0.2, 0) is 9.59 Å². The van der Waals surface area contributed by atoms with Gasteiger partial charge in [0.05, 0.1) is 18.1 Å². The van der Waals surface area contributed by atoms with Crippen LogP contribution >= 0.6 is 11.8 Å². The first kappa shape index (κ1) is 17.1. The lowest BCUT2D eigenvalue weighted by Gasteiger charge is -2.15. The van der Waals surface area contributed by atoms with Gasteiger partial charge in [0.15, 0.2) is 0 Å². The Balaban J connectivity index is 1.82. The first-order valence-electron chi connectivity index (χ1n) is 7.30. The Bertz CT molecular complexity index is 641. The lowest BCUT2D eigenvalue weighted by atomic mass is 10.1. The van der Waals surface area contributed by atoms with Gasteiger partial charge in [0.2, 0.25) is 11.8 Å². The number of hydrogen-bond donors (Lipinski definition) is 2. The molecule has 0 spiro atoms. The van der Waals surface area contributed by atoms with Gasteiger partial charge in [-0.25, -0.2) is 4.98 Å². The van der Waals surface area contributed by atoms with E-state index >= 15 is 0 Å². The Morgan fingerprint density at radius 1 is 1.35 bits per heavy atom. The van der Waals surface area contributed by atoms with Crippen molar-refractivity contribution in [2.24, 2.45) is 5.73 Å². The average molecular weight is 332 g/mol. The van der Waals surface area contributed by atoms with Gasteiger partial charge >= 0.3 is 0 Å². The van der Waals surface area contributed by atoms with E-state index in [9.17, 15) is 9.59 Å². The molecule has 2 rings (SSSR count). The van der Waals surface area contributed by atoms with Crippen LogP contribution in [0.15, 0.2) is 43.0 Å². The summed E-state index contributed by atoms with van der Waals surface area (Å²) in [7, 11) is 0. The second-order valence-corrected chi connectivity index (χ2v) is 6.22. The number of nitrogens with zero attached hydrogens (tertiary/aromatic N) is 2. The zero-order valence-corrected chi connectivity index (χ0v) is 13.8. The molecule has 0 aliphatic heterocycles. The lowest BCUT2D eigenvalue weighted by molar-refractivity contribution is -0.121. The van der Waals surface area contributed by atoms with Crippen LogP contribution in [0.4, 0.5) is 0 Å². The van der Waals surface area contributed by atoms with E-state index in [2.05, 4.69) is 10.3 Å². The van der Waals surface area contributed by atoms with Crippen molar-refractivity contribution in [2.75, 3.05) is 11.5 Å². The number of hydrogen-bond acceptors (Lipinski definition) is 4. The molecular weight excluding hydrogens is 312 g/mol. The highest BCUT2D eigenvalue weighted by Crippen LogP contribution is 2.16. The standard InChI is InChI=1S/C16H20N4O2S/c1-12(19-16(22)6-9-23-10-15(17)21)13-2-4-14(5-3-13)20-8-7-18-11-20/h2-5,7-8,11-12H,6,9-10H2,1H3,(H2,17,21)(H,19,22). The largest absolute Gasteiger partial charge is 0.369 e. The molecule has 3 N–H and O–H groups in total. The lowest BCUT2D eigenvalue weighted by Crippen LogP contribution is -2.27. The minimum absolute atomic E-state index is 0.0341. The Hall–Kier alpha value is -2.28. The van der Waals surface area contributed by atoms with E-state index < -0.39 is 0 Å². The summed E-state index contributed by atoms with van der Waals surface area (Å²) in [6.45, 7) is 1.95. The normalized spacial score (nSPS) is 11.9. The number of rotatable bonds is 8. The van der Waals surface area contributed by atoms with Crippen LogP contribution in [0.25, 0.3) is 5.69 Å². The van der Waals surface area contributed by atoms with Crippen LogP contribution in [0.5, 0.6) is 0 Å². The summed E-state index contributed by atoms with van der Waals surface area (Å²) < 4.78 is 1.92. The van der Waals surface area contributed by atoms with Gasteiger partial charge in [0, 0.05) is 30.3 Å². The fraction of sp³-hybridized carbons (Fsp3) is 0.312. The minimum Gasteiger partial charge on any atom is -0.369 e. The van der Waals surface area contributed by atoms with Gasteiger partial charge in [0.25, 0.3) is 0 Å². The van der Waals surface area contributed by atoms with E-state index in [1.165, 1.54) is 11.8 Å². The molecule has 1 aromatic carbocycles. The number of imidazole rings is 1. The molecule has 1 unspecified atom stereocenters. The van der Waals surface area contributed by atoms with E-state index in [0.29, 0.717) is 12.2 Å². The molecule has 1 aromatic heterocycles. The first-order valence-corrected chi connectivity index (χ1v) is 8.45. The number of primary amides is 1. The van der Waals surface area contributed by atoms with E-state index in [0.717, 1.165) is 11.3 Å². The summed E-state index contributed by atoms with van der Waals surface area (Å²) >= 11 is 1.37. The molecular formula is C16H20N4O2S. The molecule has 0 radical (unpaired) electrons. The van der Waals surface area contributed by atoms with Crippen LogP contribution in [0.1, 0.15) is 24.9 Å². The van der Waals surface area contributed by atoms with Gasteiger partial charge in [-0.15, -0.1) is 0 Å². The van der Waals surface area contributed by atoms with Gasteiger partial charge in [0.1, 0.15) is 0 Å². The molecule has 0 bridgehead atoms. The molecule has 2 aromatic rings. The highest BCUT2D eigenvalue weighted by atomic mass is 32.2. The van der Waals surface area contributed by atoms with Gasteiger partial charge < -0.3 is 15.6 Å². The van der Waals surface area contributed by atoms with Crippen molar-refractivity contribution in [1.29, 1.82) is 0 Å². The maximum Gasteiger partial charge on any atom is 0.227 e. The van der Waals surface area contributed by atoms with Crippen molar-refractivity contribution in [3.05, 3.63) is 48.5 Å². The molecule has 23 heavy (non-hydrogen) atoms. The van der Waals surface area contributed by atoms with Crippen LogP contribution in [0.3, 0.4) is 0 Å². The Morgan fingerprint density at radius 3 is 2.70 bits per heavy atom. The molecule has 1 atom stereocenters. The molecule has 0 saturated carbocycles. The third-order valence-electron chi connectivity index (χ3n) is 3.29. The topological polar surface area (TPSA) is 90.0 Å². The maximum atomic E-state index is 11.9. The second kappa shape index (κ2) is 8.38. The number of amides is 2. The Kier molecular flexibility index (Phi) is 6.22. The maximum absolute atomic E-state index is 11.9. The van der Waals surface area contributed by atoms with Crippen molar-refractivity contribution in [3.8, 4) is 5.69 Å². The van der Waals surface area contributed by atoms with E-state index in [4.69, 9.17) is 5.73 Å². The Morgan fingerprint density at radius 2 is 2.09 bits per heavy atom. The summed E-state index contributed by atoms with van der Waals surface area (Å²) in [6, 6.07) is 7.88. The van der Waals surface area contributed by atoms with Crippen molar-refractivity contribution in [1.82, 2.24) is 14.9 Å². The molecule has 2 amide bonds. The number of carbonyl (C=O) groups is 2. The highest BCUT2D eigenvalue weighted by Gasteiger charge is 2.10. The second-order valence-electron chi connectivity index (χ2n) is 5.12. The number of thioether (sulfide) groups is 1. The molecule has 7 heteroatoms. The minimum atomic E-state index is -0.359. The van der Waals surface area contributed by atoms with Gasteiger partial charge in [-0.05, 0) is 24.6 Å². The van der Waals surface area contributed by atoms with Crippen molar-refractivity contribution < 1.29 is 9.59 Å². The van der Waals surface area contributed by atoms with Crippen LogP contribution < -0.4 is 11.1 Å². The third kappa shape index (κ3) is 5.45. The van der Waals surface area contributed by atoms with Gasteiger partial charge in [-0.1, -0.05) is 12.1 Å². The molecule has 122 valence electrons. The fourth-order valence-electron chi connectivity index (χ4n) is 2.08. The SMILES string of the molecule is CC(NC(=O)CCSCC(N)=O)c1ccc(-n2ccnc2)cc1. The zero-order valence-electron chi connectivity index (χ0n) is 12.9. The summed E-state index contributed by atoms with van der Waals surface area (Å²) in [4.78, 5) is 26.5. The molecule has 6 nitrogen and oxygen atoms in total. The number of benzene rings is 1. The summed E-state index contributed by atoms with van der Waals surface area (Å²) in [5.74, 6) is 0.439. The number of nitrogens with two attached hydrogens (primary N) is 1. The molecule has 1 heterocycles. The molecule has 0 saturated heterocycles. The van der Waals surface area contributed by atoms with Crippen molar-refractivity contribution in [2.45, 2.75) is 19.4 Å².